The highest BCUT2D eigenvalue weighted by Gasteiger charge is 2.31. The highest BCUT2D eigenvalue weighted by Crippen LogP contribution is 2.29. The lowest BCUT2D eigenvalue weighted by Crippen LogP contribution is -2.48. The van der Waals surface area contributed by atoms with Gasteiger partial charge in [-0.15, -0.1) is 0 Å². The zero-order chi connectivity index (χ0) is 33.9. The molecule has 46 heavy (non-hydrogen) atoms. The largest absolute Gasteiger partial charge is 0.490 e. The lowest BCUT2D eigenvalue weighted by molar-refractivity contribution is -0.142. The van der Waals surface area contributed by atoms with Crippen LogP contribution in [0.4, 0.5) is 18.9 Å². The molecule has 0 aliphatic carbocycles. The number of aliphatic hydroxyl groups excluding tert-OH is 1. The molecule has 1 heterocycles. The van der Waals surface area contributed by atoms with Gasteiger partial charge in [0.05, 0.1) is 43.3 Å². The second kappa shape index (κ2) is 17.3. The van der Waals surface area contributed by atoms with Gasteiger partial charge < -0.3 is 29.7 Å². The molecule has 3 amide bonds. The number of hydrogen-bond donors (Lipinski definition) is 2. The highest BCUT2D eigenvalue weighted by molar-refractivity contribution is 5.99. The maximum Gasteiger partial charge on any atom is 0.389 e. The van der Waals surface area contributed by atoms with E-state index in [2.05, 4.69) is 5.32 Å². The topological polar surface area (TPSA) is 108 Å². The maximum atomic E-state index is 14.2. The zero-order valence-corrected chi connectivity index (χ0v) is 27.0. The number of halogens is 3. The Labute approximate surface area is 269 Å². The first-order chi connectivity index (χ1) is 21.8. The summed E-state index contributed by atoms with van der Waals surface area (Å²) >= 11 is 0. The maximum absolute atomic E-state index is 14.2. The molecule has 0 saturated heterocycles. The minimum absolute atomic E-state index is 0.0669. The van der Waals surface area contributed by atoms with E-state index >= 15 is 0 Å². The molecule has 1 aliphatic rings. The molecule has 2 aromatic carbocycles. The Morgan fingerprint density at radius 3 is 2.52 bits per heavy atom. The summed E-state index contributed by atoms with van der Waals surface area (Å²) in [4.78, 5) is 42.6. The number of aliphatic hydroxyl groups is 1. The first-order valence-corrected chi connectivity index (χ1v) is 15.8. The number of carbonyl (C=O) groups is 3. The molecule has 0 bridgehead atoms. The van der Waals surface area contributed by atoms with E-state index < -0.39 is 43.0 Å². The molecule has 0 radical (unpaired) electrons. The van der Waals surface area contributed by atoms with E-state index in [0.717, 1.165) is 18.4 Å². The van der Waals surface area contributed by atoms with E-state index in [4.69, 9.17) is 9.47 Å². The van der Waals surface area contributed by atoms with Crippen molar-refractivity contribution in [1.82, 2.24) is 9.80 Å². The third-order valence-electron chi connectivity index (χ3n) is 8.05. The molecule has 0 spiro atoms. The second-order valence-electron chi connectivity index (χ2n) is 12.1. The average molecular weight is 650 g/mol. The van der Waals surface area contributed by atoms with Crippen LogP contribution in [0.5, 0.6) is 5.75 Å². The average Bonchev–Trinajstić information content (AvgIpc) is 3.01. The standard InChI is InChI=1S/C34H46F3N3O6/c1-23-20-40(24(2)22-41)33(44)28-19-27(38-31(42)15-16-34(35,36)37)13-14-29(28)46-25(3)10-8-9-17-45-30(23)21-39(4)32(43)18-26-11-6-5-7-12-26/h5-7,11-14,19,23-25,30,41H,8-10,15-18,20-22H2,1-4H3,(H,38,42)/t23-,24-,25-,30+/m0/s1. The SMILES string of the molecule is C[C@H]1CCCCO[C@H](CN(C)C(=O)Cc2ccccc2)[C@@H](C)CN([C@@H](C)CO)C(=O)c2cc(NC(=O)CCC(F)(F)F)ccc2O1. The molecule has 0 saturated carbocycles. The van der Waals surface area contributed by atoms with Crippen LogP contribution < -0.4 is 10.1 Å². The van der Waals surface area contributed by atoms with Gasteiger partial charge in [0.1, 0.15) is 5.75 Å². The molecule has 3 rings (SSSR count). The lowest BCUT2D eigenvalue weighted by Gasteiger charge is -2.36. The number of hydrogen-bond acceptors (Lipinski definition) is 6. The Kier molecular flexibility index (Phi) is 13.9. The van der Waals surface area contributed by atoms with Crippen molar-refractivity contribution in [3.8, 4) is 5.75 Å². The lowest BCUT2D eigenvalue weighted by atomic mass is 10.0. The molecule has 4 atom stereocenters. The van der Waals surface area contributed by atoms with E-state index in [1.165, 1.54) is 23.1 Å². The van der Waals surface area contributed by atoms with Gasteiger partial charge in [-0.1, -0.05) is 37.3 Å². The normalized spacial score (nSPS) is 20.6. The number of fused-ring (bicyclic) bond motifs is 1. The van der Waals surface area contributed by atoms with Crippen LogP contribution in [0.3, 0.4) is 0 Å². The van der Waals surface area contributed by atoms with Gasteiger partial charge in [-0.2, -0.15) is 13.2 Å². The van der Waals surface area contributed by atoms with E-state index in [1.54, 1.807) is 18.9 Å². The van der Waals surface area contributed by atoms with E-state index in [1.807, 2.05) is 44.2 Å². The number of benzene rings is 2. The monoisotopic (exact) mass is 649 g/mol. The van der Waals surface area contributed by atoms with Crippen molar-refractivity contribution in [3.05, 3.63) is 59.7 Å². The summed E-state index contributed by atoms with van der Waals surface area (Å²) in [6.45, 7) is 6.09. The second-order valence-corrected chi connectivity index (χ2v) is 12.1. The van der Waals surface area contributed by atoms with Crippen LogP contribution in [0.15, 0.2) is 48.5 Å². The van der Waals surface area contributed by atoms with Crippen LogP contribution >= 0.6 is 0 Å². The van der Waals surface area contributed by atoms with Crippen molar-refractivity contribution in [2.24, 2.45) is 5.92 Å². The third-order valence-corrected chi connectivity index (χ3v) is 8.05. The van der Waals surface area contributed by atoms with Crippen molar-refractivity contribution in [2.45, 2.75) is 83.7 Å². The number of nitrogens with zero attached hydrogens (tertiary/aromatic N) is 2. The fourth-order valence-corrected chi connectivity index (χ4v) is 5.22. The van der Waals surface area contributed by atoms with Crippen LogP contribution in [-0.2, 0) is 20.7 Å². The molecule has 0 unspecified atom stereocenters. The fraction of sp³-hybridized carbons (Fsp3) is 0.559. The molecule has 2 N–H and O–H groups in total. The van der Waals surface area contributed by atoms with Gasteiger partial charge in [-0.25, -0.2) is 0 Å². The number of nitrogens with one attached hydrogen (secondary N) is 1. The third kappa shape index (κ3) is 11.6. The molecule has 9 nitrogen and oxygen atoms in total. The van der Waals surface area contributed by atoms with Gasteiger partial charge in [-0.05, 0) is 56.9 Å². The summed E-state index contributed by atoms with van der Waals surface area (Å²) in [7, 11) is 1.73. The van der Waals surface area contributed by atoms with Crippen molar-refractivity contribution in [1.29, 1.82) is 0 Å². The van der Waals surface area contributed by atoms with Crippen molar-refractivity contribution in [3.63, 3.8) is 0 Å². The molecule has 0 fully saturated rings. The quantitative estimate of drug-likeness (QED) is 0.374. The summed E-state index contributed by atoms with van der Waals surface area (Å²) in [5.41, 5.74) is 1.16. The number of amides is 3. The molecule has 1 aliphatic heterocycles. The molecule has 2 aromatic rings. The Morgan fingerprint density at radius 1 is 1.13 bits per heavy atom. The van der Waals surface area contributed by atoms with E-state index in [0.29, 0.717) is 19.6 Å². The first kappa shape index (κ1) is 36.8. The Bertz CT molecular complexity index is 1290. The minimum atomic E-state index is -4.47. The van der Waals surface area contributed by atoms with Crippen molar-refractivity contribution < 1.29 is 42.1 Å². The molecule has 0 aromatic heterocycles. The van der Waals surface area contributed by atoms with Gasteiger partial charge in [-0.3, -0.25) is 14.4 Å². The number of ether oxygens (including phenoxy) is 2. The van der Waals surface area contributed by atoms with Crippen molar-refractivity contribution >= 4 is 23.4 Å². The molecular weight excluding hydrogens is 603 g/mol. The number of rotatable bonds is 9. The summed E-state index contributed by atoms with van der Waals surface area (Å²) < 4.78 is 50.4. The minimum Gasteiger partial charge on any atom is -0.490 e. The molecule has 254 valence electrons. The van der Waals surface area contributed by atoms with Crippen molar-refractivity contribution in [2.75, 3.05) is 38.7 Å². The highest BCUT2D eigenvalue weighted by atomic mass is 19.4. The summed E-state index contributed by atoms with van der Waals surface area (Å²) in [5.74, 6) is -1.37. The molecular formula is C34H46F3N3O6. The van der Waals surface area contributed by atoms with Crippen LogP contribution in [0.25, 0.3) is 0 Å². The van der Waals surface area contributed by atoms with Gasteiger partial charge in [0, 0.05) is 44.8 Å². The predicted molar refractivity (Wildman–Crippen MR) is 169 cm³/mol. The zero-order valence-electron chi connectivity index (χ0n) is 27.0. The van der Waals surface area contributed by atoms with Gasteiger partial charge >= 0.3 is 6.18 Å². The molecule has 12 heteroatoms. The van der Waals surface area contributed by atoms with Crippen LogP contribution in [0.1, 0.15) is 68.8 Å². The fourth-order valence-electron chi connectivity index (χ4n) is 5.22. The van der Waals surface area contributed by atoms with Gasteiger partial charge in [0.2, 0.25) is 11.8 Å². The summed E-state index contributed by atoms with van der Waals surface area (Å²) in [5, 5.41) is 12.6. The van der Waals surface area contributed by atoms with Crippen LogP contribution in [0.2, 0.25) is 0 Å². The predicted octanol–water partition coefficient (Wildman–Crippen LogP) is 5.46. The van der Waals surface area contributed by atoms with Gasteiger partial charge in [0.25, 0.3) is 5.91 Å². The smallest absolute Gasteiger partial charge is 0.389 e. The number of alkyl halides is 3. The number of carbonyl (C=O) groups excluding carboxylic acids is 3. The number of likely N-dealkylation sites (N-methyl/N-ethyl adjacent to an activating group) is 1. The Morgan fingerprint density at radius 2 is 1.85 bits per heavy atom. The Balaban J connectivity index is 1.88. The number of anilines is 1. The first-order valence-electron chi connectivity index (χ1n) is 15.8. The van der Waals surface area contributed by atoms with E-state index in [-0.39, 0.29) is 54.5 Å². The van der Waals surface area contributed by atoms with Gasteiger partial charge in [0.15, 0.2) is 0 Å². The Hall–Kier alpha value is -3.64. The summed E-state index contributed by atoms with van der Waals surface area (Å²) in [6, 6.07) is 13.2. The van der Waals surface area contributed by atoms with Crippen LogP contribution in [0, 0.1) is 5.92 Å². The summed E-state index contributed by atoms with van der Waals surface area (Å²) in [6.07, 6.45) is -4.73. The van der Waals surface area contributed by atoms with Crippen LogP contribution in [-0.4, -0.2) is 90.4 Å². The van der Waals surface area contributed by atoms with E-state index in [9.17, 15) is 32.7 Å².